The Morgan fingerprint density at radius 1 is 1.07 bits per heavy atom. The molecule has 0 aliphatic rings. The van der Waals surface area contributed by atoms with Gasteiger partial charge in [0.25, 0.3) is 11.8 Å². The predicted octanol–water partition coefficient (Wildman–Crippen LogP) is 4.39. The van der Waals surface area contributed by atoms with Crippen molar-refractivity contribution in [1.82, 2.24) is 15.4 Å². The molecule has 0 bridgehead atoms. The Labute approximate surface area is 163 Å². The molecule has 1 N–H and O–H groups in total. The van der Waals surface area contributed by atoms with Crippen molar-refractivity contribution in [2.24, 2.45) is 0 Å². The van der Waals surface area contributed by atoms with Crippen molar-refractivity contribution in [3.05, 3.63) is 63.2 Å². The number of amides is 2. The first kappa shape index (κ1) is 21.0. The molecule has 0 saturated heterocycles. The van der Waals surface area contributed by atoms with Gasteiger partial charge < -0.3 is 0 Å². The van der Waals surface area contributed by atoms with Crippen LogP contribution < -0.4 is 5.43 Å². The third-order valence-corrected chi connectivity index (χ3v) is 3.87. The second kappa shape index (κ2) is 7.74. The molecule has 0 radical (unpaired) electrons. The third kappa shape index (κ3) is 4.70. The van der Waals surface area contributed by atoms with E-state index in [1.165, 1.54) is 12.3 Å². The Bertz CT molecular complexity index is 894. The van der Waals surface area contributed by atoms with Gasteiger partial charge in [-0.2, -0.15) is 0 Å². The van der Waals surface area contributed by atoms with Crippen molar-refractivity contribution in [2.45, 2.75) is 26.3 Å². The Morgan fingerprint density at radius 3 is 2.15 bits per heavy atom. The van der Waals surface area contributed by atoms with Crippen LogP contribution in [0.25, 0.3) is 0 Å². The smallest absolute Gasteiger partial charge is 0.267 e. The van der Waals surface area contributed by atoms with Gasteiger partial charge >= 0.3 is 0 Å². The first-order chi connectivity index (χ1) is 12.4. The first-order valence-corrected chi connectivity index (χ1v) is 8.28. The lowest BCUT2D eigenvalue weighted by Gasteiger charge is -2.35. The van der Waals surface area contributed by atoms with Crippen LogP contribution in [0.15, 0.2) is 24.4 Å². The van der Waals surface area contributed by atoms with Gasteiger partial charge in [-0.05, 0) is 26.8 Å². The van der Waals surface area contributed by atoms with Crippen LogP contribution >= 0.6 is 23.2 Å². The minimum atomic E-state index is -1.41. The van der Waals surface area contributed by atoms with Crippen LogP contribution in [0.3, 0.4) is 0 Å². The summed E-state index contributed by atoms with van der Waals surface area (Å²) < 4.78 is 40.8. The van der Waals surface area contributed by atoms with Crippen molar-refractivity contribution in [3.63, 3.8) is 0 Å². The number of nitrogens with one attached hydrogen (secondary N) is 1. The number of nitrogens with zero attached hydrogens (tertiary/aromatic N) is 2. The number of carbonyl (C=O) groups is 2. The number of benzene rings is 1. The van der Waals surface area contributed by atoms with E-state index in [2.05, 4.69) is 10.4 Å². The largest absolute Gasteiger partial charge is 0.275 e. The molecule has 1 aromatic carbocycles. The highest BCUT2D eigenvalue weighted by molar-refractivity contribution is 6.34. The molecule has 0 atom stereocenters. The lowest BCUT2D eigenvalue weighted by atomic mass is 10.1. The van der Waals surface area contributed by atoms with Crippen LogP contribution in [0.4, 0.5) is 13.2 Å². The van der Waals surface area contributed by atoms with Gasteiger partial charge in [-0.25, -0.2) is 23.2 Å². The van der Waals surface area contributed by atoms with Crippen molar-refractivity contribution in [3.8, 4) is 0 Å². The van der Waals surface area contributed by atoms with Gasteiger partial charge in [0.1, 0.15) is 28.2 Å². The number of aromatic nitrogens is 1. The second-order valence-corrected chi connectivity index (χ2v) is 7.28. The van der Waals surface area contributed by atoms with Crippen LogP contribution in [-0.4, -0.2) is 27.3 Å². The number of carbonyl (C=O) groups excluding carboxylic acids is 2. The van der Waals surface area contributed by atoms with Crippen molar-refractivity contribution >= 4 is 35.0 Å². The molecule has 2 aromatic rings. The minimum Gasteiger partial charge on any atom is -0.267 e. The standard InChI is InChI=1S/C17H14Cl2F3N3O2/c1-17(2,3)25(16(27)10-4-8(18)7-23-14(10)19)24-15(26)13-11(21)5-9(20)6-12(13)22/h4-7H,1-3H3,(H,24,26). The lowest BCUT2D eigenvalue weighted by molar-refractivity contribution is 0.0355. The van der Waals surface area contributed by atoms with E-state index in [9.17, 15) is 22.8 Å². The van der Waals surface area contributed by atoms with E-state index < -0.39 is 40.4 Å². The minimum absolute atomic E-state index is 0.124. The molecule has 10 heteroatoms. The average molecular weight is 420 g/mol. The molecule has 0 unspecified atom stereocenters. The van der Waals surface area contributed by atoms with Crippen molar-refractivity contribution in [2.75, 3.05) is 0 Å². The van der Waals surface area contributed by atoms with E-state index in [1.807, 2.05) is 0 Å². The number of hydrogen-bond donors (Lipinski definition) is 1. The van der Waals surface area contributed by atoms with Crippen LogP contribution in [0, 0.1) is 17.5 Å². The number of rotatable bonds is 2. The van der Waals surface area contributed by atoms with Gasteiger partial charge in [-0.3, -0.25) is 15.0 Å². The monoisotopic (exact) mass is 419 g/mol. The summed E-state index contributed by atoms with van der Waals surface area (Å²) in [5, 5.41) is 0.780. The highest BCUT2D eigenvalue weighted by atomic mass is 35.5. The third-order valence-electron chi connectivity index (χ3n) is 3.36. The summed E-state index contributed by atoms with van der Waals surface area (Å²) in [6.07, 6.45) is 1.23. The zero-order valence-electron chi connectivity index (χ0n) is 14.4. The van der Waals surface area contributed by atoms with Gasteiger partial charge in [0.2, 0.25) is 0 Å². The summed E-state index contributed by atoms with van der Waals surface area (Å²) in [6.45, 7) is 4.69. The maximum atomic E-state index is 13.9. The summed E-state index contributed by atoms with van der Waals surface area (Å²) in [5.41, 5.74) is -0.0493. The summed E-state index contributed by atoms with van der Waals surface area (Å²) in [4.78, 5) is 28.9. The number of hydrogen-bond acceptors (Lipinski definition) is 3. The summed E-state index contributed by atoms with van der Waals surface area (Å²) in [5.74, 6) is -6.08. The van der Waals surface area contributed by atoms with Crippen molar-refractivity contribution < 1.29 is 22.8 Å². The fraction of sp³-hybridized carbons (Fsp3) is 0.235. The molecular weight excluding hydrogens is 406 g/mol. The van der Waals surface area contributed by atoms with Crippen molar-refractivity contribution in [1.29, 1.82) is 0 Å². The Kier molecular flexibility index (Phi) is 6.01. The number of pyridine rings is 1. The molecule has 0 aliphatic heterocycles. The van der Waals surface area contributed by atoms with E-state index in [-0.39, 0.29) is 15.7 Å². The maximum Gasteiger partial charge on any atom is 0.275 e. The zero-order chi connectivity index (χ0) is 20.5. The molecule has 144 valence electrons. The van der Waals surface area contributed by atoms with Gasteiger partial charge in [0, 0.05) is 18.3 Å². The van der Waals surface area contributed by atoms with Gasteiger partial charge in [-0.15, -0.1) is 0 Å². The van der Waals surface area contributed by atoms with Crippen LogP contribution in [-0.2, 0) is 0 Å². The van der Waals surface area contributed by atoms with Crippen LogP contribution in [0.2, 0.25) is 10.2 Å². The van der Waals surface area contributed by atoms with E-state index in [0.717, 1.165) is 5.01 Å². The van der Waals surface area contributed by atoms with Crippen LogP contribution in [0.5, 0.6) is 0 Å². The Hall–Kier alpha value is -2.32. The van der Waals surface area contributed by atoms with Gasteiger partial charge in [0.15, 0.2) is 0 Å². The number of halogens is 5. The van der Waals surface area contributed by atoms with E-state index in [0.29, 0.717) is 12.1 Å². The second-order valence-electron chi connectivity index (χ2n) is 6.49. The van der Waals surface area contributed by atoms with Gasteiger partial charge in [-0.1, -0.05) is 23.2 Å². The molecule has 0 aliphatic carbocycles. The Morgan fingerprint density at radius 2 is 1.63 bits per heavy atom. The molecule has 0 fully saturated rings. The lowest BCUT2D eigenvalue weighted by Crippen LogP contribution is -2.56. The molecule has 0 saturated carbocycles. The first-order valence-electron chi connectivity index (χ1n) is 7.53. The molecular formula is C17H14Cl2F3N3O2. The molecule has 1 heterocycles. The summed E-state index contributed by atoms with van der Waals surface area (Å²) in [7, 11) is 0. The fourth-order valence-corrected chi connectivity index (χ4v) is 2.47. The zero-order valence-corrected chi connectivity index (χ0v) is 15.9. The van der Waals surface area contributed by atoms with E-state index in [1.54, 1.807) is 20.8 Å². The molecule has 27 heavy (non-hydrogen) atoms. The molecule has 0 spiro atoms. The molecule has 1 aromatic heterocycles. The normalized spacial score (nSPS) is 11.3. The quantitative estimate of drug-likeness (QED) is 0.579. The summed E-state index contributed by atoms with van der Waals surface area (Å²) in [6, 6.07) is 1.96. The average Bonchev–Trinajstić information content (AvgIpc) is 2.52. The highest BCUT2D eigenvalue weighted by Crippen LogP contribution is 2.23. The highest BCUT2D eigenvalue weighted by Gasteiger charge is 2.32. The van der Waals surface area contributed by atoms with Gasteiger partial charge in [0.05, 0.1) is 16.1 Å². The maximum absolute atomic E-state index is 13.9. The fourth-order valence-electron chi connectivity index (χ4n) is 2.13. The van der Waals surface area contributed by atoms with E-state index >= 15 is 0 Å². The topological polar surface area (TPSA) is 62.3 Å². The van der Waals surface area contributed by atoms with E-state index in [4.69, 9.17) is 23.2 Å². The van der Waals surface area contributed by atoms with Crippen LogP contribution in [0.1, 0.15) is 41.5 Å². The number of hydrazine groups is 1. The molecule has 2 amide bonds. The Balaban J connectivity index is 2.43. The predicted molar refractivity (Wildman–Crippen MR) is 94.0 cm³/mol. The summed E-state index contributed by atoms with van der Waals surface area (Å²) >= 11 is 11.7. The SMILES string of the molecule is CC(C)(C)N(NC(=O)c1c(F)cc(F)cc1F)C(=O)c1cc(Cl)cnc1Cl. The molecule has 2 rings (SSSR count). The molecule has 5 nitrogen and oxygen atoms in total.